The molecule has 0 fully saturated rings. The van der Waals surface area contributed by atoms with Gasteiger partial charge in [-0.2, -0.15) is 0 Å². The lowest BCUT2D eigenvalue weighted by Gasteiger charge is -2.25. The van der Waals surface area contributed by atoms with Crippen molar-refractivity contribution >= 4 is 5.70 Å². The molecule has 0 bridgehead atoms. The van der Waals surface area contributed by atoms with Crippen LogP contribution in [0.15, 0.2) is 66.4 Å². The van der Waals surface area contributed by atoms with Gasteiger partial charge in [-0.3, -0.25) is 0 Å². The summed E-state index contributed by atoms with van der Waals surface area (Å²) < 4.78 is 0. The molecule has 0 aliphatic heterocycles. The molecular weight excluding hydrogens is 268 g/mol. The largest absolute Gasteiger partial charge is 0.397 e. The highest BCUT2D eigenvalue weighted by atomic mass is 14.9. The van der Waals surface area contributed by atoms with Crippen molar-refractivity contribution in [3.05, 3.63) is 77.5 Å². The van der Waals surface area contributed by atoms with Crippen LogP contribution >= 0.6 is 0 Å². The number of likely N-dealkylation sites (N-methyl/N-ethyl adjacent to an activating group) is 1. The Bertz CT molecular complexity index is 606. The fraction of sp³-hybridized carbons (Fsp3) is 0.300. The fourth-order valence-corrected chi connectivity index (χ4v) is 2.89. The SMILES string of the molecule is C=CC1=C(\C=C)C(C)Cc2ccccc2/C(N)=C\1NC.CC. The van der Waals surface area contributed by atoms with Crippen molar-refractivity contribution in [2.45, 2.75) is 27.2 Å². The quantitative estimate of drug-likeness (QED) is 0.866. The number of nitrogens with two attached hydrogens (primary N) is 1. The minimum Gasteiger partial charge on any atom is -0.397 e. The summed E-state index contributed by atoms with van der Waals surface area (Å²) in [6.07, 6.45) is 4.73. The van der Waals surface area contributed by atoms with Crippen LogP contribution in [0.1, 0.15) is 31.9 Å². The lowest BCUT2D eigenvalue weighted by atomic mass is 9.83. The Balaban J connectivity index is 0.00000116. The number of nitrogens with one attached hydrogen (secondary N) is 1. The molecule has 0 spiro atoms. The van der Waals surface area contributed by atoms with E-state index in [-0.39, 0.29) is 0 Å². The summed E-state index contributed by atoms with van der Waals surface area (Å²) in [5, 5.41) is 3.23. The highest BCUT2D eigenvalue weighted by molar-refractivity contribution is 5.74. The molecule has 2 nitrogen and oxygen atoms in total. The first-order valence-corrected chi connectivity index (χ1v) is 7.89. The molecule has 0 aromatic heterocycles. The number of rotatable bonds is 3. The molecule has 1 aromatic carbocycles. The van der Waals surface area contributed by atoms with Gasteiger partial charge in [0.15, 0.2) is 0 Å². The Morgan fingerprint density at radius 3 is 2.36 bits per heavy atom. The number of hydrogen-bond donors (Lipinski definition) is 2. The van der Waals surface area contributed by atoms with Crippen molar-refractivity contribution in [1.82, 2.24) is 5.32 Å². The van der Waals surface area contributed by atoms with Crippen molar-refractivity contribution in [3.8, 4) is 0 Å². The zero-order valence-electron chi connectivity index (χ0n) is 14.2. The van der Waals surface area contributed by atoms with E-state index in [1.165, 1.54) is 11.1 Å². The van der Waals surface area contributed by atoms with E-state index in [9.17, 15) is 0 Å². The Morgan fingerprint density at radius 2 is 1.82 bits per heavy atom. The van der Waals surface area contributed by atoms with Crippen LogP contribution in [0, 0.1) is 5.92 Å². The van der Waals surface area contributed by atoms with Gasteiger partial charge in [-0.25, -0.2) is 0 Å². The predicted molar refractivity (Wildman–Crippen MR) is 98.2 cm³/mol. The summed E-state index contributed by atoms with van der Waals surface area (Å²) >= 11 is 0. The van der Waals surface area contributed by atoms with Gasteiger partial charge in [-0.15, -0.1) is 0 Å². The zero-order chi connectivity index (χ0) is 16.7. The normalized spacial score (nSPS) is 24.1. The summed E-state index contributed by atoms with van der Waals surface area (Å²) in [6.45, 7) is 14.1. The summed E-state index contributed by atoms with van der Waals surface area (Å²) in [4.78, 5) is 0. The molecule has 118 valence electrons. The van der Waals surface area contributed by atoms with E-state index in [4.69, 9.17) is 5.73 Å². The van der Waals surface area contributed by atoms with Crippen LogP contribution in [0.3, 0.4) is 0 Å². The van der Waals surface area contributed by atoms with Crippen molar-refractivity contribution < 1.29 is 0 Å². The maximum Gasteiger partial charge on any atom is 0.0653 e. The van der Waals surface area contributed by atoms with Crippen LogP contribution in [0.5, 0.6) is 0 Å². The van der Waals surface area contributed by atoms with Gasteiger partial charge in [0.1, 0.15) is 0 Å². The molecule has 0 amide bonds. The van der Waals surface area contributed by atoms with Gasteiger partial charge in [-0.1, -0.05) is 70.3 Å². The third kappa shape index (κ3) is 3.33. The molecule has 1 atom stereocenters. The molecule has 1 unspecified atom stereocenters. The maximum atomic E-state index is 6.40. The average molecular weight is 296 g/mol. The Labute approximate surface area is 135 Å². The third-order valence-electron chi connectivity index (χ3n) is 3.89. The van der Waals surface area contributed by atoms with E-state index in [0.29, 0.717) is 5.92 Å². The summed E-state index contributed by atoms with van der Waals surface area (Å²) in [5.41, 5.74) is 12.7. The predicted octanol–water partition coefficient (Wildman–Crippen LogP) is 4.42. The van der Waals surface area contributed by atoms with E-state index >= 15 is 0 Å². The van der Waals surface area contributed by atoms with E-state index in [0.717, 1.165) is 29.0 Å². The molecule has 0 saturated heterocycles. The Kier molecular flexibility index (Phi) is 6.71. The number of fused-ring (bicyclic) bond motifs is 1. The molecule has 22 heavy (non-hydrogen) atoms. The lowest BCUT2D eigenvalue weighted by molar-refractivity contribution is 0.684. The van der Waals surface area contributed by atoms with E-state index in [2.05, 4.69) is 43.6 Å². The van der Waals surface area contributed by atoms with Crippen LogP contribution < -0.4 is 11.1 Å². The molecule has 2 heteroatoms. The molecule has 2 rings (SSSR count). The smallest absolute Gasteiger partial charge is 0.0653 e. The van der Waals surface area contributed by atoms with Gasteiger partial charge in [0, 0.05) is 18.2 Å². The van der Waals surface area contributed by atoms with Crippen LogP contribution in [0.2, 0.25) is 0 Å². The molecule has 0 radical (unpaired) electrons. The van der Waals surface area contributed by atoms with E-state index < -0.39 is 0 Å². The Hall–Kier alpha value is -2.22. The van der Waals surface area contributed by atoms with Crippen LogP contribution in [-0.2, 0) is 6.42 Å². The van der Waals surface area contributed by atoms with Crippen LogP contribution in [-0.4, -0.2) is 7.05 Å². The summed E-state index contributed by atoms with van der Waals surface area (Å²) in [5.74, 6) is 0.373. The summed E-state index contributed by atoms with van der Waals surface area (Å²) in [7, 11) is 1.89. The van der Waals surface area contributed by atoms with E-state index in [1.54, 1.807) is 0 Å². The van der Waals surface area contributed by atoms with Crippen molar-refractivity contribution in [2.24, 2.45) is 11.7 Å². The standard InChI is InChI=1S/C18H22N2.C2H6/c1-5-14-12(3)11-13-9-7-8-10-16(13)17(19)18(20-4)15(14)6-2;1-2/h5-10,12,20H,1-2,11,19H2,3-4H3;1-2H3/b15-14-,18-17-;. The molecule has 1 aromatic rings. The molecule has 1 aliphatic carbocycles. The first kappa shape index (κ1) is 17.8. The summed E-state index contributed by atoms with van der Waals surface area (Å²) in [6, 6.07) is 8.31. The third-order valence-corrected chi connectivity index (χ3v) is 3.89. The molecule has 0 saturated carbocycles. The second-order valence-electron chi connectivity index (χ2n) is 5.08. The second-order valence-corrected chi connectivity index (χ2v) is 5.08. The van der Waals surface area contributed by atoms with Gasteiger partial charge >= 0.3 is 0 Å². The minimum atomic E-state index is 0.373. The van der Waals surface area contributed by atoms with Crippen LogP contribution in [0.4, 0.5) is 0 Å². The number of allylic oxidation sites excluding steroid dienone is 3. The number of benzene rings is 1. The topological polar surface area (TPSA) is 38.0 Å². The van der Waals surface area contributed by atoms with Crippen molar-refractivity contribution in [2.75, 3.05) is 7.05 Å². The maximum absolute atomic E-state index is 6.40. The van der Waals surface area contributed by atoms with Gasteiger partial charge in [-0.05, 0) is 23.5 Å². The van der Waals surface area contributed by atoms with E-state index in [1.807, 2.05) is 39.1 Å². The monoisotopic (exact) mass is 296 g/mol. The molecule has 3 N–H and O–H groups in total. The highest BCUT2D eigenvalue weighted by Gasteiger charge is 2.21. The zero-order valence-corrected chi connectivity index (χ0v) is 14.2. The first-order valence-electron chi connectivity index (χ1n) is 7.89. The van der Waals surface area contributed by atoms with Crippen molar-refractivity contribution in [1.29, 1.82) is 0 Å². The second kappa shape index (κ2) is 8.28. The molecule has 0 heterocycles. The Morgan fingerprint density at radius 1 is 1.18 bits per heavy atom. The first-order chi connectivity index (χ1) is 10.6. The fourth-order valence-electron chi connectivity index (χ4n) is 2.89. The van der Waals surface area contributed by atoms with Gasteiger partial charge in [0.05, 0.1) is 11.4 Å². The van der Waals surface area contributed by atoms with Gasteiger partial charge < -0.3 is 11.1 Å². The van der Waals surface area contributed by atoms with Crippen molar-refractivity contribution in [3.63, 3.8) is 0 Å². The lowest BCUT2D eigenvalue weighted by Crippen LogP contribution is -2.20. The molecular formula is C20H28N2. The average Bonchev–Trinajstić information content (AvgIpc) is 2.55. The number of hydrogen-bond acceptors (Lipinski definition) is 2. The molecule has 1 aliphatic rings. The van der Waals surface area contributed by atoms with Crippen LogP contribution in [0.25, 0.3) is 5.70 Å². The minimum absolute atomic E-state index is 0.373. The van der Waals surface area contributed by atoms with Gasteiger partial charge in [0.2, 0.25) is 0 Å². The van der Waals surface area contributed by atoms with Gasteiger partial charge in [0.25, 0.3) is 0 Å². The highest BCUT2D eigenvalue weighted by Crippen LogP contribution is 2.32.